The number of hydrogen-bond donors (Lipinski definition) is 2. The molecule has 134 valence electrons. The molecule has 2 aromatic rings. The summed E-state index contributed by atoms with van der Waals surface area (Å²) < 4.78 is 62.6. The number of rotatable bonds is 4. The van der Waals surface area contributed by atoms with Crippen LogP contribution in [0.2, 0.25) is 0 Å². The van der Waals surface area contributed by atoms with Gasteiger partial charge in [0.2, 0.25) is 9.84 Å². The highest BCUT2D eigenvalue weighted by Crippen LogP contribution is 2.31. The van der Waals surface area contributed by atoms with Gasteiger partial charge in [0.15, 0.2) is 0 Å². The number of anilines is 1. The number of nitrogens with one attached hydrogen (secondary N) is 2. The highest BCUT2D eigenvalue weighted by atomic mass is 32.2. The molecule has 9 heteroatoms. The first kappa shape index (κ1) is 18.8. The van der Waals surface area contributed by atoms with E-state index in [1.807, 2.05) is 0 Å². The molecule has 0 aliphatic carbocycles. The number of sulfone groups is 1. The fourth-order valence-corrected chi connectivity index (χ4v) is 3.27. The molecule has 0 saturated carbocycles. The van der Waals surface area contributed by atoms with Crippen molar-refractivity contribution in [3.63, 3.8) is 0 Å². The number of amides is 2. The third kappa shape index (κ3) is 4.50. The number of halogens is 3. The highest BCUT2D eigenvalue weighted by molar-refractivity contribution is 7.91. The van der Waals surface area contributed by atoms with Crippen LogP contribution in [0, 0.1) is 0 Å². The number of urea groups is 1. The summed E-state index contributed by atoms with van der Waals surface area (Å²) in [5.74, 6) is 0. The van der Waals surface area contributed by atoms with Crippen LogP contribution in [0.4, 0.5) is 23.7 Å². The molecule has 0 atom stereocenters. The van der Waals surface area contributed by atoms with Gasteiger partial charge in [-0.2, -0.15) is 13.2 Å². The number of benzene rings is 2. The predicted molar refractivity (Wildman–Crippen MR) is 86.0 cm³/mol. The lowest BCUT2D eigenvalue weighted by atomic mass is 10.2. The number of carbonyl (C=O) groups excluding carboxylic acids is 1. The zero-order valence-corrected chi connectivity index (χ0v) is 13.9. The Bertz CT molecular complexity index is 846. The fourth-order valence-electron chi connectivity index (χ4n) is 2.01. The lowest BCUT2D eigenvalue weighted by molar-refractivity contribution is -0.137. The van der Waals surface area contributed by atoms with Crippen molar-refractivity contribution in [2.45, 2.75) is 22.9 Å². The SMILES string of the molecule is CCNC(=O)Nc1ccc(S(=O)(=O)c2ccc(C(F)(F)F)cc2)cc1. The Balaban J connectivity index is 2.23. The monoisotopic (exact) mass is 372 g/mol. The van der Waals surface area contributed by atoms with Gasteiger partial charge in [0.25, 0.3) is 0 Å². The van der Waals surface area contributed by atoms with Crippen molar-refractivity contribution in [3.8, 4) is 0 Å². The van der Waals surface area contributed by atoms with Crippen LogP contribution >= 0.6 is 0 Å². The van der Waals surface area contributed by atoms with E-state index in [0.717, 1.165) is 24.3 Å². The Hall–Kier alpha value is -2.55. The molecule has 0 heterocycles. The molecule has 2 amide bonds. The van der Waals surface area contributed by atoms with E-state index in [-0.39, 0.29) is 9.79 Å². The molecule has 0 spiro atoms. The first-order valence-electron chi connectivity index (χ1n) is 7.22. The first-order chi connectivity index (χ1) is 11.6. The molecule has 5 nitrogen and oxygen atoms in total. The fraction of sp³-hybridized carbons (Fsp3) is 0.188. The second-order valence-electron chi connectivity index (χ2n) is 5.03. The van der Waals surface area contributed by atoms with Gasteiger partial charge in [-0.15, -0.1) is 0 Å². The van der Waals surface area contributed by atoms with E-state index < -0.39 is 27.6 Å². The zero-order valence-electron chi connectivity index (χ0n) is 13.1. The van der Waals surface area contributed by atoms with Gasteiger partial charge in [0, 0.05) is 12.2 Å². The van der Waals surface area contributed by atoms with Crippen molar-refractivity contribution >= 4 is 21.6 Å². The largest absolute Gasteiger partial charge is 0.416 e. The minimum Gasteiger partial charge on any atom is -0.338 e. The summed E-state index contributed by atoms with van der Waals surface area (Å²) in [5, 5.41) is 5.04. The summed E-state index contributed by atoms with van der Waals surface area (Å²) in [6.45, 7) is 2.19. The van der Waals surface area contributed by atoms with E-state index in [4.69, 9.17) is 0 Å². The molecule has 0 aliphatic rings. The van der Waals surface area contributed by atoms with E-state index in [9.17, 15) is 26.4 Å². The number of alkyl halides is 3. The predicted octanol–water partition coefficient (Wildman–Crippen LogP) is 3.68. The molecule has 2 rings (SSSR count). The van der Waals surface area contributed by atoms with Crippen LogP contribution in [0.1, 0.15) is 12.5 Å². The van der Waals surface area contributed by atoms with Crippen molar-refractivity contribution in [1.29, 1.82) is 0 Å². The topological polar surface area (TPSA) is 75.3 Å². The summed E-state index contributed by atoms with van der Waals surface area (Å²) in [6, 6.07) is 8.18. The van der Waals surface area contributed by atoms with Crippen molar-refractivity contribution in [3.05, 3.63) is 54.1 Å². The van der Waals surface area contributed by atoms with Gasteiger partial charge < -0.3 is 10.6 Å². The molecular formula is C16H15F3N2O3S. The summed E-state index contributed by atoms with van der Waals surface area (Å²) in [7, 11) is -3.95. The summed E-state index contributed by atoms with van der Waals surface area (Å²) >= 11 is 0. The summed E-state index contributed by atoms with van der Waals surface area (Å²) in [5.41, 5.74) is -0.537. The quantitative estimate of drug-likeness (QED) is 0.860. The van der Waals surface area contributed by atoms with Crippen molar-refractivity contribution < 1.29 is 26.4 Å². The average Bonchev–Trinajstić information content (AvgIpc) is 2.55. The van der Waals surface area contributed by atoms with Crippen LogP contribution in [0.25, 0.3) is 0 Å². The molecular weight excluding hydrogens is 357 g/mol. The average molecular weight is 372 g/mol. The Morgan fingerprint density at radius 3 is 1.88 bits per heavy atom. The van der Waals surface area contributed by atoms with Crippen molar-refractivity contribution in [2.75, 3.05) is 11.9 Å². The second-order valence-corrected chi connectivity index (χ2v) is 6.98. The van der Waals surface area contributed by atoms with Crippen molar-refractivity contribution in [2.24, 2.45) is 0 Å². The molecule has 0 saturated heterocycles. The van der Waals surface area contributed by atoms with E-state index in [1.165, 1.54) is 24.3 Å². The number of hydrogen-bond acceptors (Lipinski definition) is 3. The van der Waals surface area contributed by atoms with Gasteiger partial charge in [-0.1, -0.05) is 0 Å². The maximum atomic E-state index is 12.6. The minimum atomic E-state index is -4.53. The Morgan fingerprint density at radius 2 is 1.44 bits per heavy atom. The molecule has 0 radical (unpaired) electrons. The van der Waals surface area contributed by atoms with Crippen LogP contribution in [0.15, 0.2) is 58.3 Å². The molecule has 2 aromatic carbocycles. The lowest BCUT2D eigenvalue weighted by Gasteiger charge is -2.10. The van der Waals surface area contributed by atoms with Gasteiger partial charge in [-0.25, -0.2) is 13.2 Å². The third-order valence-electron chi connectivity index (χ3n) is 3.25. The molecule has 2 N–H and O–H groups in total. The maximum absolute atomic E-state index is 12.6. The van der Waals surface area contributed by atoms with Crippen LogP contribution in [-0.2, 0) is 16.0 Å². The van der Waals surface area contributed by atoms with Gasteiger partial charge in [-0.3, -0.25) is 0 Å². The first-order valence-corrected chi connectivity index (χ1v) is 8.70. The second kappa shape index (κ2) is 7.14. The van der Waals surface area contributed by atoms with Crippen LogP contribution < -0.4 is 10.6 Å². The molecule has 0 bridgehead atoms. The van der Waals surface area contributed by atoms with Gasteiger partial charge in [-0.05, 0) is 55.5 Å². The van der Waals surface area contributed by atoms with Crippen LogP contribution in [0.5, 0.6) is 0 Å². The van der Waals surface area contributed by atoms with Gasteiger partial charge in [0.1, 0.15) is 0 Å². The molecule has 0 fully saturated rings. The van der Waals surface area contributed by atoms with E-state index in [2.05, 4.69) is 10.6 Å². The minimum absolute atomic E-state index is 0.0892. The Kier molecular flexibility index (Phi) is 5.36. The molecule has 0 unspecified atom stereocenters. The maximum Gasteiger partial charge on any atom is 0.416 e. The molecule has 0 aliphatic heterocycles. The van der Waals surface area contributed by atoms with Gasteiger partial charge >= 0.3 is 12.2 Å². The van der Waals surface area contributed by atoms with Crippen LogP contribution in [-0.4, -0.2) is 21.0 Å². The third-order valence-corrected chi connectivity index (χ3v) is 5.04. The smallest absolute Gasteiger partial charge is 0.338 e. The Labute approximate surface area is 142 Å². The summed E-state index contributed by atoms with van der Waals surface area (Å²) in [4.78, 5) is 11.1. The lowest BCUT2D eigenvalue weighted by Crippen LogP contribution is -2.28. The van der Waals surface area contributed by atoms with Gasteiger partial charge in [0.05, 0.1) is 15.4 Å². The van der Waals surface area contributed by atoms with E-state index >= 15 is 0 Å². The molecule has 25 heavy (non-hydrogen) atoms. The standard InChI is InChI=1S/C16H15F3N2O3S/c1-2-20-15(22)21-12-5-9-14(10-6-12)25(23,24)13-7-3-11(4-8-13)16(17,18)19/h3-10H,2H2,1H3,(H2,20,21,22). The highest BCUT2D eigenvalue weighted by Gasteiger charge is 2.30. The molecule has 0 aromatic heterocycles. The van der Waals surface area contributed by atoms with Crippen LogP contribution in [0.3, 0.4) is 0 Å². The number of carbonyl (C=O) groups is 1. The summed E-state index contributed by atoms with van der Waals surface area (Å²) in [6.07, 6.45) is -4.53. The zero-order chi connectivity index (χ0) is 18.7. The van der Waals surface area contributed by atoms with Crippen molar-refractivity contribution in [1.82, 2.24) is 5.32 Å². The Morgan fingerprint density at radius 1 is 0.960 bits per heavy atom. The van der Waals surface area contributed by atoms with E-state index in [0.29, 0.717) is 12.2 Å². The normalized spacial score (nSPS) is 11.8. The van der Waals surface area contributed by atoms with E-state index in [1.54, 1.807) is 6.92 Å².